The molecule has 0 atom stereocenters. The molecular weight excluding hydrogens is 1730 g/mol. The number of carbonyl (C=O) groups is 3. The van der Waals surface area contributed by atoms with Crippen molar-refractivity contribution in [3.63, 3.8) is 0 Å². The van der Waals surface area contributed by atoms with Gasteiger partial charge < -0.3 is 63.3 Å². The van der Waals surface area contributed by atoms with Crippen molar-refractivity contribution < 1.29 is 78.8 Å². The predicted molar refractivity (Wildman–Crippen MR) is 486 cm³/mol. The Morgan fingerprint density at radius 2 is 0.742 bits per heavy atom. The fraction of sp³-hybridized carbons (Fsp3) is 0.287. The quantitative estimate of drug-likeness (QED) is 0.0177. The Kier molecular flexibility index (Phi) is 31.1. The summed E-state index contributed by atoms with van der Waals surface area (Å²) in [5.41, 5.74) is 0.446. The Morgan fingerprint density at radius 1 is 0.409 bits per heavy atom. The minimum Gasteiger partial charge on any atom is -0.506 e. The number of esters is 3. The highest BCUT2D eigenvalue weighted by molar-refractivity contribution is 7.88. The van der Waals surface area contributed by atoms with Crippen molar-refractivity contribution in [1.82, 2.24) is 58.8 Å². The molecule has 16 rings (SSSR count). The third kappa shape index (κ3) is 22.0. The molecule has 0 saturated carbocycles. The maximum Gasteiger partial charge on any atom is 0.534 e. The summed E-state index contributed by atoms with van der Waals surface area (Å²) >= 11 is 0. The Labute approximate surface area is 754 Å². The molecule has 0 spiro atoms. The minimum absolute atomic E-state index is 0.0604. The van der Waals surface area contributed by atoms with Gasteiger partial charge in [-0.15, -0.1) is 18.9 Å². The average molecular weight is 1830 g/mol. The number of rotatable bonds is 28. The van der Waals surface area contributed by atoms with Crippen LogP contribution in [0, 0.1) is 27.7 Å². The first-order chi connectivity index (χ1) is 63.8. The van der Waals surface area contributed by atoms with E-state index in [2.05, 4.69) is 101 Å². The summed E-state index contributed by atoms with van der Waals surface area (Å²) in [6, 6.07) is 55.2. The molecule has 10 heterocycles. The molecule has 6 aromatic carbocycles. The lowest BCUT2D eigenvalue weighted by Crippen LogP contribution is -2.35. The maximum atomic E-state index is 13.8. The van der Waals surface area contributed by atoms with E-state index in [1.807, 2.05) is 117 Å². The summed E-state index contributed by atoms with van der Waals surface area (Å²) in [6.07, 6.45) is 12.4. The molecule has 0 amide bonds. The second-order valence-electron chi connectivity index (χ2n) is 30.0. The lowest BCUT2D eigenvalue weighted by Gasteiger charge is -2.31. The molecule has 34 nitrogen and oxygen atoms in total. The van der Waals surface area contributed by atoms with Gasteiger partial charge in [-0.05, 0) is 133 Å². The van der Waals surface area contributed by atoms with Crippen molar-refractivity contribution in [3.05, 3.63) is 315 Å². The van der Waals surface area contributed by atoms with Gasteiger partial charge in [-0.2, -0.15) is 21.6 Å². The monoisotopic (exact) mass is 1820 g/mol. The fourth-order valence-corrected chi connectivity index (χ4v) is 15.4. The number of aryl methyl sites for hydroxylation is 4. The van der Waals surface area contributed by atoms with Crippen LogP contribution in [0.2, 0.25) is 0 Å². The minimum atomic E-state index is -6.27. The zero-order chi connectivity index (χ0) is 93.6. The van der Waals surface area contributed by atoms with Gasteiger partial charge in [0.1, 0.15) is 57.5 Å². The molecule has 2 aliphatic heterocycles. The Bertz CT molecular complexity index is 6850. The van der Waals surface area contributed by atoms with Crippen molar-refractivity contribution in [1.29, 1.82) is 0 Å². The summed E-state index contributed by atoms with van der Waals surface area (Å²) in [5.74, 6) is -4.80. The van der Waals surface area contributed by atoms with Gasteiger partial charge in [0.15, 0.2) is 45.0 Å². The molecule has 0 bridgehead atoms. The molecular formula is C94H95F3N16O18S. The number of nitrogens with zero attached hydrogens (tertiary/aromatic N) is 14. The van der Waals surface area contributed by atoms with E-state index in [-0.39, 0.29) is 79.7 Å². The number of nitrogens with one attached hydrogen (secondary N) is 2. The topological polar surface area (TPSA) is 401 Å². The molecule has 38 heteroatoms. The molecule has 2 aliphatic rings. The highest BCUT2D eigenvalue weighted by Crippen LogP contribution is 2.37. The van der Waals surface area contributed by atoms with E-state index in [9.17, 15) is 60.3 Å². The van der Waals surface area contributed by atoms with Gasteiger partial charge in [0.2, 0.25) is 0 Å². The molecule has 132 heavy (non-hydrogen) atoms. The maximum absolute atomic E-state index is 13.8. The van der Waals surface area contributed by atoms with Crippen LogP contribution in [0.15, 0.2) is 220 Å². The lowest BCUT2D eigenvalue weighted by atomic mass is 10.1. The van der Waals surface area contributed by atoms with E-state index in [1.54, 1.807) is 57.2 Å². The van der Waals surface area contributed by atoms with Crippen molar-refractivity contribution in [2.24, 2.45) is 0 Å². The van der Waals surface area contributed by atoms with E-state index >= 15 is 0 Å². The predicted octanol–water partition coefficient (Wildman–Crippen LogP) is 12.6. The number of anilines is 4. The van der Waals surface area contributed by atoms with Crippen LogP contribution in [0.3, 0.4) is 0 Å². The molecule has 686 valence electrons. The standard InChI is InChI=1S/C30H33N5O4.C27H29N5O2.C19H16F3N3O7S.C18H17N3O5/c1-3-38-30(37)26-27(31-18-23-14-8-9-15-24(23)34-16-10-5-11-17-34)25-21(2)32-20-33-28(25)35(29(26)36)39-19-22-12-6-4-7-13-22;1-20-26-23(28-17-22-12-6-7-13-24(22)31-14-8-3-9-15-31)16-25(33)32(27(26)30-19-29-20)34-18-21-10-4-2-5-11-21;1-3-30-18(27)14-15(32-33(28,29)19(20,21)22)13-11(2)23-10-24-16(13)25(17(14)26)31-9-12-7-5-4-6-8-12;1-3-25-18(24)14-15(22)13-11(2)19-10-20-16(13)21(17(14)23)26-9-12-7-5-4-6-8-12/h4,6-9,12-15,20,31H,3,5,10-11,16-19H2,1-2H3;2,4-7,10-13,16,19,28H,3,8-9,14-15,17-18H2,1H3;4-8,10H,3,9H2,1-2H3;4-8,10,22H,3,9H2,1-2H3. The largest absolute Gasteiger partial charge is 0.534 e. The number of ether oxygens (including phenoxy) is 3. The zero-order valence-corrected chi connectivity index (χ0v) is 74.0. The first-order valence-corrected chi connectivity index (χ1v) is 43.8. The number of pyridine rings is 4. The van der Waals surface area contributed by atoms with Crippen LogP contribution in [0.1, 0.15) is 147 Å². The highest BCUT2D eigenvalue weighted by Gasteiger charge is 2.50. The number of halogens is 3. The van der Waals surface area contributed by atoms with E-state index < -0.39 is 83.9 Å². The Morgan fingerprint density at radius 3 is 1.17 bits per heavy atom. The number of piperidine rings is 2. The van der Waals surface area contributed by atoms with Gasteiger partial charge in [0.05, 0.1) is 75.5 Å². The number of hydrogen-bond donors (Lipinski definition) is 3. The molecule has 2 saturated heterocycles. The number of fused-ring (bicyclic) bond motifs is 4. The fourth-order valence-electron chi connectivity index (χ4n) is 14.9. The van der Waals surface area contributed by atoms with Crippen molar-refractivity contribution in [2.75, 3.05) is 66.4 Å². The Balaban J connectivity index is 0.000000151. The molecule has 14 aromatic rings. The smallest absolute Gasteiger partial charge is 0.506 e. The molecule has 0 radical (unpaired) electrons. The molecule has 8 aromatic heterocycles. The molecule has 0 unspecified atom stereocenters. The van der Waals surface area contributed by atoms with Gasteiger partial charge >= 0.3 is 50.2 Å². The van der Waals surface area contributed by atoms with Crippen LogP contribution >= 0.6 is 0 Å². The summed E-state index contributed by atoms with van der Waals surface area (Å²) < 4.78 is 85.5. The summed E-state index contributed by atoms with van der Waals surface area (Å²) in [7, 11) is -6.27. The number of carbonyl (C=O) groups excluding carboxylic acids is 3. The number of benzene rings is 6. The van der Waals surface area contributed by atoms with Gasteiger partial charge in [0, 0.05) is 56.7 Å². The molecule has 2 fully saturated rings. The second kappa shape index (κ2) is 43.6. The van der Waals surface area contributed by atoms with Crippen LogP contribution in [0.25, 0.3) is 44.1 Å². The highest BCUT2D eigenvalue weighted by atomic mass is 32.2. The number of hydrogen-bond acceptors (Lipinski definition) is 30. The average Bonchev–Trinajstić information content (AvgIpc) is 0.883. The normalized spacial score (nSPS) is 12.6. The number of aromatic nitrogens is 12. The van der Waals surface area contributed by atoms with Gasteiger partial charge in [-0.25, -0.2) is 54.3 Å². The van der Waals surface area contributed by atoms with Gasteiger partial charge in [-0.1, -0.05) is 158 Å². The SMILES string of the molecule is CCOC(=O)c1c(NCc2ccccc2N2CCCCC2)c2c(C)ncnc2n(OCc2ccccc2)c1=O.CCOC(=O)c1c(O)c2c(C)ncnc2n(OCc2ccccc2)c1=O.CCOC(=O)c1c(OS(=O)(=O)C(F)(F)F)c2c(C)ncnc2n(OCc2ccccc2)c1=O.Cc1ncnc2c1c(NCc1ccccc1N1CCCCC1)cc(=O)n2OCc1ccccc1. The van der Waals surface area contributed by atoms with Crippen LogP contribution in [-0.2, 0) is 63.8 Å². The van der Waals surface area contributed by atoms with Crippen molar-refractivity contribution >= 4 is 94.9 Å². The summed E-state index contributed by atoms with van der Waals surface area (Å²) in [5, 5.41) is 18.4. The summed E-state index contributed by atoms with van der Waals surface area (Å²) in [4.78, 5) is 152. The van der Waals surface area contributed by atoms with Crippen LogP contribution in [-0.4, -0.2) is 142 Å². The van der Waals surface area contributed by atoms with E-state index in [4.69, 9.17) is 33.6 Å². The molecule has 0 aliphatic carbocycles. The van der Waals surface area contributed by atoms with Gasteiger partial charge in [0.25, 0.3) is 5.56 Å². The van der Waals surface area contributed by atoms with Crippen LogP contribution < -0.4 is 66.2 Å². The number of alkyl halides is 3. The van der Waals surface area contributed by atoms with Crippen molar-refractivity contribution in [3.8, 4) is 11.5 Å². The first kappa shape index (κ1) is 94.2. The van der Waals surface area contributed by atoms with Crippen molar-refractivity contribution in [2.45, 2.75) is 132 Å². The lowest BCUT2D eigenvalue weighted by molar-refractivity contribution is -0.0500. The number of para-hydroxylation sites is 2. The van der Waals surface area contributed by atoms with E-state index in [0.29, 0.717) is 57.2 Å². The number of aromatic hydroxyl groups is 1. The van der Waals surface area contributed by atoms with E-state index in [1.165, 1.54) is 74.5 Å². The van der Waals surface area contributed by atoms with E-state index in [0.717, 1.165) is 93.8 Å². The van der Waals surface area contributed by atoms with Crippen LogP contribution in [0.5, 0.6) is 11.5 Å². The second-order valence-corrected chi connectivity index (χ2v) is 31.6. The molecule has 3 N–H and O–H groups in total. The van der Waals surface area contributed by atoms with Crippen LogP contribution in [0.4, 0.5) is 35.9 Å². The third-order valence-electron chi connectivity index (χ3n) is 21.2. The first-order valence-electron chi connectivity index (χ1n) is 42.4. The van der Waals surface area contributed by atoms with Gasteiger partial charge in [-0.3, -0.25) is 19.2 Å². The zero-order valence-electron chi connectivity index (χ0n) is 73.2. The summed E-state index contributed by atoms with van der Waals surface area (Å²) in [6.45, 7) is 16.7. The third-order valence-corrected chi connectivity index (χ3v) is 22.2. The Hall–Kier alpha value is -15.4.